The normalized spacial score (nSPS) is 17.5. The summed E-state index contributed by atoms with van der Waals surface area (Å²) in [6.07, 6.45) is -5.74. The first-order valence-electron chi connectivity index (χ1n) is 45.5. The molecule has 8 rings (SSSR count). The zero-order valence-corrected chi connectivity index (χ0v) is 84.6. The van der Waals surface area contributed by atoms with E-state index in [0.29, 0.717) is 38.9 Å². The molecular weight excluding hydrogens is 1730 g/mol. The molecular formula is C106H140O23Si3. The van der Waals surface area contributed by atoms with Gasteiger partial charge >= 0.3 is 47.8 Å². The van der Waals surface area contributed by atoms with Crippen LogP contribution in [0.5, 0.6) is 0 Å². The van der Waals surface area contributed by atoms with Gasteiger partial charge in [0.1, 0.15) is 59.0 Å². The largest absolute Gasteiger partial charge is 0.519 e. The quantitative estimate of drug-likeness (QED) is 0.0148. The SMILES string of the molecule is CCC(C)(CC(C)(CC(C)(CC(C)(CC(C)(CC(C)(CC(C)(CC(C)(C(=O)OCC1CO1)C(C)(CC(C)(CC(C)(C)C(=O)O[Si](C)(C)C)C(=O)O[Si](C)(C)C)C(=O)O[Si](C)(C)C)C(=O)OCc1ccccc1)C(=O)OCc1ccccc1)C(=O)OCc1ccccc1)C(=O)OCc1ccccc1)C(=O)OCc1ccccc1)C(=O)OCc1ccccc1)C(=O)OCc1ccccc1. The first-order valence-corrected chi connectivity index (χ1v) is 55.8. The number of hydrogen-bond acceptors (Lipinski definition) is 23. The van der Waals surface area contributed by atoms with Crippen LogP contribution in [0.4, 0.5) is 0 Å². The molecule has 0 radical (unpaired) electrons. The molecule has 26 heteroatoms. The fraction of sp³-hybridized carbons (Fsp3) is 0.500. The fourth-order valence-electron chi connectivity index (χ4n) is 18.5. The predicted molar refractivity (Wildman–Crippen MR) is 509 cm³/mol. The van der Waals surface area contributed by atoms with Crippen molar-refractivity contribution in [2.75, 3.05) is 13.2 Å². The second-order valence-corrected chi connectivity index (χ2v) is 55.8. The molecule has 714 valence electrons. The van der Waals surface area contributed by atoms with Crippen LogP contribution in [0.25, 0.3) is 0 Å². The van der Waals surface area contributed by atoms with Crippen molar-refractivity contribution in [2.45, 2.75) is 265 Å². The predicted octanol–water partition coefficient (Wildman–Crippen LogP) is 21.3. The van der Waals surface area contributed by atoms with Crippen LogP contribution in [0.3, 0.4) is 0 Å². The monoisotopic (exact) mass is 1860 g/mol. The fourth-order valence-corrected chi connectivity index (χ4v) is 20.9. The van der Waals surface area contributed by atoms with Crippen molar-refractivity contribution >= 4 is 90.6 Å². The minimum atomic E-state index is -3.13. The van der Waals surface area contributed by atoms with Gasteiger partial charge in [0.15, 0.2) is 0 Å². The molecule has 0 saturated carbocycles. The smallest absolute Gasteiger partial charge is 0.313 e. The molecule has 132 heavy (non-hydrogen) atoms. The lowest BCUT2D eigenvalue weighted by atomic mass is 9.51. The van der Waals surface area contributed by atoms with Gasteiger partial charge < -0.3 is 55.9 Å². The molecule has 0 aliphatic carbocycles. The Morgan fingerprint density at radius 1 is 0.250 bits per heavy atom. The standard InChI is InChI=1S/C106H140O23Si3/c1-23-97(4,86(108)119-59-77-45-31-24-32-46-77)69-99(6,87(109)120-60-78-47-33-25-34-48-78)70-100(7,88(110)121-61-79-49-35-26-36-50-79)71-101(8,89(111)122-62-80-51-37-27-38-52-80)72-102(9,90(112)123-63-81-53-39-28-40-54-81)73-103(10,91(113)124-64-82-55-41-29-42-56-82)74-104(11,92(114)125-65-83-57-43-30-44-58-83)76-105(12,94(116)126-67-84-66-118-84)106(13,95(117)129-132(20,21)22)75-98(5,93(115)128-131(17,18)19)68-96(2,3)85(107)127-130(14,15)16/h24-58,84H,23,59-76H2,1-22H3. The maximum Gasteiger partial charge on any atom is 0.313 e. The topological polar surface area (TPSA) is 302 Å². The first-order chi connectivity index (χ1) is 61.6. The first kappa shape index (κ1) is 107. The van der Waals surface area contributed by atoms with Crippen LogP contribution in [0, 0.1) is 59.6 Å². The number of rotatable bonds is 50. The van der Waals surface area contributed by atoms with Crippen LogP contribution >= 0.6 is 0 Å². The summed E-state index contributed by atoms with van der Waals surface area (Å²) in [7, 11) is -8.70. The Morgan fingerprint density at radius 3 is 0.659 bits per heavy atom. The number of ether oxygens (including phenoxy) is 9. The summed E-state index contributed by atoms with van der Waals surface area (Å²) in [4.78, 5) is 179. The van der Waals surface area contributed by atoms with Gasteiger partial charge in [-0.1, -0.05) is 219 Å². The van der Waals surface area contributed by atoms with Crippen molar-refractivity contribution in [3.05, 3.63) is 251 Å². The Morgan fingerprint density at radius 2 is 0.439 bits per heavy atom. The summed E-state index contributed by atoms with van der Waals surface area (Å²) >= 11 is 0. The molecule has 7 aromatic rings. The van der Waals surface area contributed by atoms with Crippen molar-refractivity contribution in [1.82, 2.24) is 0 Å². The summed E-state index contributed by atoms with van der Waals surface area (Å²) in [6.45, 7) is 34.4. The summed E-state index contributed by atoms with van der Waals surface area (Å²) in [5, 5.41) is 0. The van der Waals surface area contributed by atoms with E-state index in [9.17, 15) is 4.79 Å². The minimum Gasteiger partial charge on any atom is -0.519 e. The molecule has 0 bridgehead atoms. The molecule has 11 atom stereocenters. The third-order valence-electron chi connectivity index (χ3n) is 24.9. The van der Waals surface area contributed by atoms with Crippen LogP contribution in [0.15, 0.2) is 212 Å². The van der Waals surface area contributed by atoms with E-state index >= 15 is 47.9 Å². The number of carbonyl (C=O) groups is 11. The van der Waals surface area contributed by atoms with E-state index in [2.05, 4.69) is 0 Å². The third-order valence-corrected chi connectivity index (χ3v) is 27.3. The molecule has 1 aliphatic rings. The van der Waals surface area contributed by atoms with E-state index in [-0.39, 0.29) is 78.7 Å². The summed E-state index contributed by atoms with van der Waals surface area (Å²) < 4.78 is 76.5. The summed E-state index contributed by atoms with van der Waals surface area (Å²) in [6, 6.07) is 62.0. The average Bonchev–Trinajstić information content (AvgIpc) is 0.773. The van der Waals surface area contributed by atoms with Crippen molar-refractivity contribution in [3.8, 4) is 0 Å². The lowest BCUT2D eigenvalue weighted by molar-refractivity contribution is -0.190. The molecule has 23 nitrogen and oxygen atoms in total. The molecule has 1 aliphatic heterocycles. The lowest BCUT2D eigenvalue weighted by Gasteiger charge is -2.51. The number of benzene rings is 7. The van der Waals surface area contributed by atoms with Crippen molar-refractivity contribution in [1.29, 1.82) is 0 Å². The summed E-state index contributed by atoms with van der Waals surface area (Å²) in [5.74, 6) is -9.87. The zero-order chi connectivity index (χ0) is 97.6. The van der Waals surface area contributed by atoms with Gasteiger partial charge in [-0.15, -0.1) is 0 Å². The molecule has 0 amide bonds. The zero-order valence-electron chi connectivity index (χ0n) is 81.6. The van der Waals surface area contributed by atoms with Gasteiger partial charge in [-0.25, -0.2) is 0 Å². The molecule has 1 saturated heterocycles. The van der Waals surface area contributed by atoms with E-state index in [1.165, 1.54) is 41.5 Å². The Labute approximate surface area is 784 Å². The van der Waals surface area contributed by atoms with Gasteiger partial charge in [-0.05, 0) is 245 Å². The maximum atomic E-state index is 16.9. The number of esters is 8. The molecule has 1 heterocycles. The molecule has 0 N–H and O–H groups in total. The van der Waals surface area contributed by atoms with Crippen molar-refractivity contribution in [3.63, 3.8) is 0 Å². The molecule has 7 aromatic carbocycles. The molecule has 11 unspecified atom stereocenters. The van der Waals surface area contributed by atoms with Gasteiger partial charge in [-0.2, -0.15) is 0 Å². The Hall–Kier alpha value is -10.7. The van der Waals surface area contributed by atoms with E-state index in [1.807, 2.05) is 75.7 Å². The highest BCUT2D eigenvalue weighted by Gasteiger charge is 2.67. The van der Waals surface area contributed by atoms with Crippen LogP contribution in [0.1, 0.15) is 193 Å². The van der Waals surface area contributed by atoms with Gasteiger partial charge in [0, 0.05) is 0 Å². The van der Waals surface area contributed by atoms with Crippen LogP contribution in [0.2, 0.25) is 58.9 Å². The highest BCUT2D eigenvalue weighted by molar-refractivity contribution is 6.72. The maximum absolute atomic E-state index is 16.9. The molecule has 1 fully saturated rings. The summed E-state index contributed by atoms with van der Waals surface area (Å²) in [5.41, 5.74) is -18.5. The van der Waals surface area contributed by atoms with Gasteiger partial charge in [-0.3, -0.25) is 52.7 Å². The second kappa shape index (κ2) is 44.4. The highest BCUT2D eigenvalue weighted by Crippen LogP contribution is 2.61. The van der Waals surface area contributed by atoms with Gasteiger partial charge in [0.25, 0.3) is 17.9 Å². The number of epoxide rings is 1. The van der Waals surface area contributed by atoms with E-state index in [4.69, 9.17) is 55.9 Å². The van der Waals surface area contributed by atoms with Gasteiger partial charge in [0.05, 0.1) is 66.2 Å². The lowest BCUT2D eigenvalue weighted by Crippen LogP contribution is -2.58. The van der Waals surface area contributed by atoms with Crippen LogP contribution < -0.4 is 0 Å². The average molecular weight is 1870 g/mol. The minimum absolute atomic E-state index is 0.109. The third kappa shape index (κ3) is 30.2. The number of carbonyl (C=O) groups excluding carboxylic acids is 11. The van der Waals surface area contributed by atoms with Crippen LogP contribution in [-0.2, 0) is 155 Å². The van der Waals surface area contributed by atoms with Crippen molar-refractivity contribution < 1.29 is 109 Å². The highest BCUT2D eigenvalue weighted by atomic mass is 28.4. The van der Waals surface area contributed by atoms with E-state index < -0.39 is 201 Å². The van der Waals surface area contributed by atoms with E-state index in [1.54, 1.807) is 244 Å². The van der Waals surface area contributed by atoms with Crippen LogP contribution in [-0.4, -0.2) is 110 Å². The number of hydrogen-bond donors (Lipinski definition) is 0. The van der Waals surface area contributed by atoms with Crippen molar-refractivity contribution in [2.24, 2.45) is 59.6 Å². The van der Waals surface area contributed by atoms with E-state index in [0.717, 1.165) is 0 Å². The second-order valence-electron chi connectivity index (χ2n) is 42.5. The van der Waals surface area contributed by atoms with Gasteiger partial charge in [0.2, 0.25) is 25.0 Å². The Kier molecular flexibility index (Phi) is 35.9. The molecule has 0 spiro atoms. The Balaban J connectivity index is 1.43. The Bertz CT molecular complexity index is 5060. The molecule has 0 aromatic heterocycles.